The summed E-state index contributed by atoms with van der Waals surface area (Å²) in [5.74, 6) is -1.37. The van der Waals surface area contributed by atoms with E-state index in [0.29, 0.717) is 0 Å². The predicted octanol–water partition coefficient (Wildman–Crippen LogP) is 6.57. The molecule has 1 aliphatic rings. The van der Waals surface area contributed by atoms with Crippen molar-refractivity contribution >= 4 is 95.7 Å². The largest absolute Gasteiger partial charge is 0.460 e. The number of amides is 2. The Bertz CT molecular complexity index is 1360. The molecule has 2 heterocycles. The molecule has 3 unspecified atom stereocenters. The minimum absolute atomic E-state index is 0.125. The molecule has 2 amide bonds. The molecule has 212 valence electrons. The molecular weight excluding hydrogens is 633 g/mol. The number of hydrogen-bond acceptors (Lipinski definition) is 8. The van der Waals surface area contributed by atoms with Crippen molar-refractivity contribution in [3.05, 3.63) is 71.8 Å². The number of aromatic nitrogens is 1. The average Bonchev–Trinajstić information content (AvgIpc) is 3.32. The number of nitrogens with one attached hydrogen (secondary N) is 1. The number of halogens is 3. The second-order valence-corrected chi connectivity index (χ2v) is 15.3. The lowest BCUT2D eigenvalue weighted by Gasteiger charge is -2.49. The van der Waals surface area contributed by atoms with Crippen molar-refractivity contribution in [2.75, 3.05) is 6.61 Å². The van der Waals surface area contributed by atoms with Crippen molar-refractivity contribution in [3.63, 3.8) is 0 Å². The second kappa shape index (κ2) is 13.8. The summed E-state index contributed by atoms with van der Waals surface area (Å²) in [7, 11) is 2.74. The Balaban J connectivity index is 1.55. The minimum Gasteiger partial charge on any atom is -0.460 e. The van der Waals surface area contributed by atoms with Gasteiger partial charge in [-0.25, -0.2) is 9.78 Å². The fourth-order valence-corrected chi connectivity index (χ4v) is 8.10. The van der Waals surface area contributed by atoms with Gasteiger partial charge in [0, 0.05) is 0 Å². The number of alkyl halides is 3. The number of rotatable bonds is 11. The Kier molecular flexibility index (Phi) is 10.7. The van der Waals surface area contributed by atoms with Crippen molar-refractivity contribution in [2.24, 2.45) is 0 Å². The van der Waals surface area contributed by atoms with E-state index < -0.39 is 33.8 Å². The van der Waals surface area contributed by atoms with Crippen LogP contribution in [-0.2, 0) is 25.5 Å². The Morgan fingerprint density at radius 1 is 1.15 bits per heavy atom. The van der Waals surface area contributed by atoms with Crippen LogP contribution in [0.4, 0.5) is 0 Å². The van der Waals surface area contributed by atoms with Crippen molar-refractivity contribution in [1.82, 2.24) is 15.2 Å². The first-order valence-electron chi connectivity index (χ1n) is 12.2. The molecule has 1 N–H and O–H groups in total. The third kappa shape index (κ3) is 8.30. The number of nitrogens with zero attached hydrogens (tertiary/aromatic N) is 2. The quantitative estimate of drug-likeness (QED) is 0.0820. The van der Waals surface area contributed by atoms with Crippen LogP contribution in [0.15, 0.2) is 70.6 Å². The van der Waals surface area contributed by atoms with Crippen molar-refractivity contribution in [1.29, 1.82) is 0 Å². The maximum Gasteiger partial charge on any atom is 0.329 e. The number of esters is 1. The van der Waals surface area contributed by atoms with Gasteiger partial charge >= 0.3 is 5.97 Å². The molecule has 0 aliphatic carbocycles. The highest BCUT2D eigenvalue weighted by Crippen LogP contribution is 2.45. The summed E-state index contributed by atoms with van der Waals surface area (Å²) < 4.78 is 5.32. The zero-order chi connectivity index (χ0) is 28.9. The fourth-order valence-electron chi connectivity index (χ4n) is 3.96. The number of benzene rings is 2. The van der Waals surface area contributed by atoms with Gasteiger partial charge in [0.2, 0.25) is 15.6 Å². The van der Waals surface area contributed by atoms with Crippen molar-refractivity contribution < 1.29 is 19.1 Å². The summed E-state index contributed by atoms with van der Waals surface area (Å²) in [6.45, 7) is 3.33. The lowest BCUT2D eigenvalue weighted by Crippen LogP contribution is -2.72. The fraction of sp³-hybridized carbons (Fsp3) is 0.333. The molecular formula is C27H26Cl3N3O4S3. The summed E-state index contributed by atoms with van der Waals surface area (Å²) >= 11 is 18.9. The molecule has 0 radical (unpaired) electrons. The Morgan fingerprint density at radius 2 is 1.85 bits per heavy atom. The van der Waals surface area contributed by atoms with Crippen LogP contribution in [0.3, 0.4) is 0 Å². The van der Waals surface area contributed by atoms with Gasteiger partial charge in [0.25, 0.3) is 0 Å². The van der Waals surface area contributed by atoms with Gasteiger partial charge in [-0.15, -0.1) is 11.3 Å². The maximum absolute atomic E-state index is 13.5. The lowest BCUT2D eigenvalue weighted by atomic mass is 10.00. The number of carbonyl (C=O) groups is 3. The number of allylic oxidation sites excluding steroid dienone is 1. The monoisotopic (exact) mass is 657 g/mol. The molecule has 3 aromatic rings. The van der Waals surface area contributed by atoms with Gasteiger partial charge < -0.3 is 15.0 Å². The number of hydrogen-bond donors (Lipinski definition) is 1. The Morgan fingerprint density at radius 3 is 2.52 bits per heavy atom. The first-order valence-corrected chi connectivity index (χ1v) is 16.4. The minimum atomic E-state index is -1.79. The summed E-state index contributed by atoms with van der Waals surface area (Å²) in [6, 6.07) is 15.3. The molecule has 1 aromatic heterocycles. The molecule has 0 spiro atoms. The summed E-state index contributed by atoms with van der Waals surface area (Å²) in [6.07, 6.45) is 2.18. The van der Waals surface area contributed by atoms with Gasteiger partial charge in [-0.05, 0) is 48.8 Å². The maximum atomic E-state index is 13.5. The van der Waals surface area contributed by atoms with Crippen LogP contribution in [0, 0.1) is 0 Å². The standard InChI is InChI=1S/C27H26Cl3N3O4S3/c1-16(2)12-13-19(25(36)37-15-27(28,29)30)33-23(35)22(32-21(34)14-17-8-4-3-5-9-17)24(33)39-40-26-31-18-10-6-7-11-20(18)38-26/h3-12,19,22,24H,13-15H2,1-2H3,(H,32,34). The first kappa shape index (κ1) is 31.0. The van der Waals surface area contributed by atoms with Crippen LogP contribution in [0.25, 0.3) is 10.2 Å². The average molecular weight is 659 g/mol. The molecule has 0 saturated carbocycles. The van der Waals surface area contributed by atoms with Gasteiger partial charge in [-0.3, -0.25) is 9.59 Å². The molecule has 40 heavy (non-hydrogen) atoms. The number of para-hydroxylation sites is 1. The molecule has 3 atom stereocenters. The van der Waals surface area contributed by atoms with E-state index in [9.17, 15) is 14.4 Å². The molecule has 7 nitrogen and oxygen atoms in total. The van der Waals surface area contributed by atoms with Crippen molar-refractivity contribution in [3.8, 4) is 0 Å². The lowest BCUT2D eigenvalue weighted by molar-refractivity contribution is -0.164. The van der Waals surface area contributed by atoms with Gasteiger partial charge in [0.15, 0.2) is 4.34 Å². The number of β-lactam (4-membered cyclic amide) rings is 1. The summed E-state index contributed by atoms with van der Waals surface area (Å²) in [5.41, 5.74) is 2.67. The number of fused-ring (bicyclic) bond motifs is 1. The summed E-state index contributed by atoms with van der Waals surface area (Å²) in [5, 5.41) is 2.29. The van der Waals surface area contributed by atoms with E-state index in [0.717, 1.165) is 25.7 Å². The normalized spacial score (nSPS) is 17.7. The van der Waals surface area contributed by atoms with E-state index in [2.05, 4.69) is 10.3 Å². The zero-order valence-corrected chi connectivity index (χ0v) is 26.2. The number of thiazole rings is 1. The van der Waals surface area contributed by atoms with Crippen molar-refractivity contribution in [2.45, 2.75) is 52.3 Å². The van der Waals surface area contributed by atoms with E-state index in [1.165, 1.54) is 37.8 Å². The van der Waals surface area contributed by atoms with E-state index in [-0.39, 0.29) is 24.7 Å². The molecule has 1 fully saturated rings. The van der Waals surface area contributed by atoms with E-state index in [1.807, 2.05) is 74.5 Å². The van der Waals surface area contributed by atoms with Crippen LogP contribution >= 0.6 is 67.7 Å². The van der Waals surface area contributed by atoms with Gasteiger partial charge in [0.05, 0.1) is 16.6 Å². The molecule has 1 saturated heterocycles. The van der Waals surface area contributed by atoms with Gasteiger partial charge in [-0.1, -0.05) is 99.7 Å². The zero-order valence-electron chi connectivity index (χ0n) is 21.5. The van der Waals surface area contributed by atoms with E-state index >= 15 is 0 Å². The topological polar surface area (TPSA) is 88.6 Å². The first-order chi connectivity index (χ1) is 19.0. The number of carbonyl (C=O) groups excluding carboxylic acids is 3. The van der Waals surface area contributed by atoms with Gasteiger partial charge in [-0.2, -0.15) is 0 Å². The predicted molar refractivity (Wildman–Crippen MR) is 165 cm³/mol. The van der Waals surface area contributed by atoms with Gasteiger partial charge in [0.1, 0.15) is 24.1 Å². The summed E-state index contributed by atoms with van der Waals surface area (Å²) in [4.78, 5) is 45.6. The third-order valence-electron chi connectivity index (χ3n) is 5.83. The van der Waals surface area contributed by atoms with E-state index in [1.54, 1.807) is 0 Å². The highest BCUT2D eigenvalue weighted by Gasteiger charge is 2.53. The SMILES string of the molecule is CC(C)=CCC(C(=O)OCC(Cl)(Cl)Cl)N1C(=O)C(NC(=O)Cc2ccccc2)C1SSc1nc2ccccc2s1. The van der Waals surface area contributed by atoms with Crippen LogP contribution in [-0.4, -0.2) is 55.5 Å². The van der Waals surface area contributed by atoms with Crippen LogP contribution < -0.4 is 5.32 Å². The highest BCUT2D eigenvalue weighted by atomic mass is 35.6. The molecule has 2 aromatic carbocycles. The van der Waals surface area contributed by atoms with E-state index in [4.69, 9.17) is 39.5 Å². The molecule has 1 aliphatic heterocycles. The smallest absolute Gasteiger partial charge is 0.329 e. The third-order valence-corrected chi connectivity index (χ3v) is 10.2. The molecule has 0 bridgehead atoms. The van der Waals surface area contributed by atoms with Crippen LogP contribution in [0.2, 0.25) is 0 Å². The second-order valence-electron chi connectivity index (χ2n) is 9.23. The molecule has 4 rings (SSSR count). The Hall–Kier alpha value is -1.95. The Labute approximate surface area is 259 Å². The highest BCUT2D eigenvalue weighted by molar-refractivity contribution is 8.77. The van der Waals surface area contributed by atoms with Crippen LogP contribution in [0.1, 0.15) is 25.8 Å². The van der Waals surface area contributed by atoms with Crippen LogP contribution in [0.5, 0.6) is 0 Å². The number of ether oxygens (including phenoxy) is 1. The number of likely N-dealkylation sites (tertiary alicyclic amines) is 1. The molecule has 13 heteroatoms.